The van der Waals surface area contributed by atoms with E-state index in [1.807, 2.05) is 4.90 Å². The number of anilines is 1. The van der Waals surface area contributed by atoms with Gasteiger partial charge >= 0.3 is 0 Å². The van der Waals surface area contributed by atoms with E-state index in [0.29, 0.717) is 10.1 Å². The smallest absolute Gasteiger partial charge is 0.256 e. The predicted octanol–water partition coefficient (Wildman–Crippen LogP) is 2.97. The molecule has 0 radical (unpaired) electrons. The topological polar surface area (TPSA) is 23.6 Å². The minimum absolute atomic E-state index is 0.133. The largest absolute Gasteiger partial charge is 0.336 e. The Kier molecular flexibility index (Phi) is 3.19. The van der Waals surface area contributed by atoms with Crippen LogP contribution in [0.3, 0.4) is 0 Å². The van der Waals surface area contributed by atoms with Gasteiger partial charge in [-0.05, 0) is 49.7 Å². The first-order valence-electron chi connectivity index (χ1n) is 6.19. The van der Waals surface area contributed by atoms with Crippen LogP contribution in [0.5, 0.6) is 0 Å². The van der Waals surface area contributed by atoms with Gasteiger partial charge in [-0.15, -0.1) is 0 Å². The van der Waals surface area contributed by atoms with Crippen molar-refractivity contribution in [3.8, 4) is 0 Å². The molecular weight excluding hydrogens is 287 g/mol. The van der Waals surface area contributed by atoms with Gasteiger partial charge in [-0.1, -0.05) is 11.6 Å². The maximum Gasteiger partial charge on any atom is 0.256 e. The molecule has 0 spiro atoms. The van der Waals surface area contributed by atoms with Gasteiger partial charge in [-0.3, -0.25) is 9.69 Å². The van der Waals surface area contributed by atoms with Gasteiger partial charge < -0.3 is 4.90 Å². The van der Waals surface area contributed by atoms with Gasteiger partial charge in [0.25, 0.3) is 5.91 Å². The molecule has 1 aromatic carbocycles. The molecule has 0 aromatic heterocycles. The Morgan fingerprint density at radius 2 is 2.16 bits per heavy atom. The van der Waals surface area contributed by atoms with Crippen LogP contribution in [0.1, 0.15) is 19.3 Å². The fraction of sp³-hybridized carbons (Fsp3) is 0.385. The summed E-state index contributed by atoms with van der Waals surface area (Å²) in [5.74, 6) is -0.658. The predicted molar refractivity (Wildman–Crippen MR) is 75.8 cm³/mol. The average Bonchev–Trinajstić information content (AvgIpc) is 2.64. The average molecular weight is 299 g/mol. The molecule has 3 rings (SSSR count). The summed E-state index contributed by atoms with van der Waals surface area (Å²) in [6.07, 6.45) is 2.80. The highest BCUT2D eigenvalue weighted by molar-refractivity contribution is 7.80. The van der Waals surface area contributed by atoms with Crippen molar-refractivity contribution < 1.29 is 9.18 Å². The Bertz CT molecular complexity index is 542. The van der Waals surface area contributed by atoms with E-state index in [2.05, 4.69) is 0 Å². The third-order valence-corrected chi connectivity index (χ3v) is 4.25. The van der Waals surface area contributed by atoms with Crippen LogP contribution >= 0.6 is 23.8 Å². The second kappa shape index (κ2) is 4.72. The minimum Gasteiger partial charge on any atom is -0.336 e. The molecule has 2 heterocycles. The van der Waals surface area contributed by atoms with E-state index in [1.54, 1.807) is 6.07 Å². The van der Waals surface area contributed by atoms with Crippen molar-refractivity contribution in [1.29, 1.82) is 0 Å². The lowest BCUT2D eigenvalue weighted by Crippen LogP contribution is -2.38. The molecule has 100 valence electrons. The summed E-state index contributed by atoms with van der Waals surface area (Å²) < 4.78 is 14.0. The molecule has 3 nitrogen and oxygen atoms in total. The Morgan fingerprint density at radius 3 is 2.84 bits per heavy atom. The van der Waals surface area contributed by atoms with Crippen LogP contribution in [-0.2, 0) is 4.79 Å². The number of halogens is 2. The second-order valence-electron chi connectivity index (χ2n) is 4.76. The number of hydrogen-bond donors (Lipinski definition) is 0. The quantitative estimate of drug-likeness (QED) is 0.745. The van der Waals surface area contributed by atoms with E-state index in [1.165, 1.54) is 17.0 Å². The first-order chi connectivity index (χ1) is 9.09. The van der Waals surface area contributed by atoms with Gasteiger partial charge in [0.1, 0.15) is 11.9 Å². The first kappa shape index (κ1) is 12.8. The van der Waals surface area contributed by atoms with Crippen LogP contribution in [0.4, 0.5) is 10.1 Å². The van der Waals surface area contributed by atoms with E-state index in [0.717, 1.165) is 25.8 Å². The van der Waals surface area contributed by atoms with Crippen LogP contribution < -0.4 is 4.90 Å². The van der Waals surface area contributed by atoms with E-state index in [-0.39, 0.29) is 17.6 Å². The molecule has 0 bridgehead atoms. The van der Waals surface area contributed by atoms with Crippen molar-refractivity contribution in [3.63, 3.8) is 0 Å². The monoisotopic (exact) mass is 298 g/mol. The van der Waals surface area contributed by atoms with Crippen LogP contribution in [0.25, 0.3) is 0 Å². The summed E-state index contributed by atoms with van der Waals surface area (Å²) in [7, 11) is 0. The zero-order chi connectivity index (χ0) is 13.6. The van der Waals surface area contributed by atoms with E-state index in [4.69, 9.17) is 23.8 Å². The number of nitrogens with zero attached hydrogens (tertiary/aromatic N) is 2. The van der Waals surface area contributed by atoms with Crippen LogP contribution in [0.2, 0.25) is 5.02 Å². The molecule has 1 amide bonds. The second-order valence-corrected chi connectivity index (χ2v) is 5.56. The number of hydrogen-bond acceptors (Lipinski definition) is 2. The number of benzene rings is 1. The number of fused-ring (bicyclic) bond motifs is 1. The van der Waals surface area contributed by atoms with E-state index >= 15 is 0 Å². The Morgan fingerprint density at radius 1 is 1.37 bits per heavy atom. The van der Waals surface area contributed by atoms with Crippen molar-refractivity contribution in [2.45, 2.75) is 25.3 Å². The van der Waals surface area contributed by atoms with Gasteiger partial charge in [0, 0.05) is 11.6 Å². The van der Waals surface area contributed by atoms with Gasteiger partial charge in [0.2, 0.25) is 0 Å². The molecule has 2 saturated heterocycles. The van der Waals surface area contributed by atoms with Crippen molar-refractivity contribution in [3.05, 3.63) is 29.0 Å². The molecule has 0 N–H and O–H groups in total. The standard InChI is InChI=1S/C13H12ClFN2OS/c14-8-4-5-10(9(15)7-8)17-12(18)11-3-1-2-6-16(11)13(17)19/h4-5,7,11H,1-3,6H2. The number of carbonyl (C=O) groups is 1. The normalized spacial score (nSPS) is 22.9. The Labute approximate surface area is 120 Å². The molecule has 2 aliphatic rings. The fourth-order valence-corrected chi connectivity index (χ4v) is 3.24. The summed E-state index contributed by atoms with van der Waals surface area (Å²) in [5, 5.41) is 0.701. The van der Waals surface area contributed by atoms with Crippen LogP contribution in [0.15, 0.2) is 18.2 Å². The summed E-state index contributed by atoms with van der Waals surface area (Å²) >= 11 is 11.1. The van der Waals surface area contributed by atoms with E-state index in [9.17, 15) is 9.18 Å². The summed E-state index contributed by atoms with van der Waals surface area (Å²) in [4.78, 5) is 15.6. The summed E-state index contributed by atoms with van der Waals surface area (Å²) in [6, 6.07) is 4.04. The maximum absolute atomic E-state index is 14.0. The molecule has 19 heavy (non-hydrogen) atoms. The lowest BCUT2D eigenvalue weighted by atomic mass is 10.0. The zero-order valence-corrected chi connectivity index (χ0v) is 11.7. The molecular formula is C13H12ClFN2OS. The minimum atomic E-state index is -0.525. The SMILES string of the molecule is O=C1C2CCCCN2C(=S)N1c1ccc(Cl)cc1F. The van der Waals surface area contributed by atoms with Gasteiger partial charge in [0.05, 0.1) is 5.69 Å². The Hall–Kier alpha value is -1.20. The molecule has 1 aromatic rings. The molecule has 6 heteroatoms. The molecule has 2 aliphatic heterocycles. The lowest BCUT2D eigenvalue weighted by molar-refractivity contribution is -0.120. The number of carbonyl (C=O) groups excluding carboxylic acids is 1. The highest BCUT2D eigenvalue weighted by atomic mass is 35.5. The Balaban J connectivity index is 2.00. The fourth-order valence-electron chi connectivity index (χ4n) is 2.67. The van der Waals surface area contributed by atoms with Crippen molar-refractivity contribution in [2.24, 2.45) is 0 Å². The highest BCUT2D eigenvalue weighted by Gasteiger charge is 2.44. The van der Waals surface area contributed by atoms with Crippen molar-refractivity contribution in [1.82, 2.24) is 4.90 Å². The van der Waals surface area contributed by atoms with Crippen LogP contribution in [0, 0.1) is 5.82 Å². The zero-order valence-electron chi connectivity index (χ0n) is 10.1. The highest BCUT2D eigenvalue weighted by Crippen LogP contribution is 2.32. The third kappa shape index (κ3) is 2.01. The molecule has 0 aliphatic carbocycles. The molecule has 2 fully saturated rings. The maximum atomic E-state index is 14.0. The first-order valence-corrected chi connectivity index (χ1v) is 6.98. The van der Waals surface area contributed by atoms with Gasteiger partial charge in [-0.25, -0.2) is 4.39 Å². The number of piperidine rings is 1. The number of rotatable bonds is 1. The van der Waals surface area contributed by atoms with Gasteiger partial charge in [0.15, 0.2) is 5.11 Å². The summed E-state index contributed by atoms with van der Waals surface area (Å²) in [6.45, 7) is 0.765. The van der Waals surface area contributed by atoms with Gasteiger partial charge in [-0.2, -0.15) is 0 Å². The van der Waals surface area contributed by atoms with Crippen molar-refractivity contribution >= 4 is 40.5 Å². The summed E-state index contributed by atoms with van der Waals surface area (Å²) in [5.41, 5.74) is 0.189. The number of amides is 1. The third-order valence-electron chi connectivity index (χ3n) is 3.60. The van der Waals surface area contributed by atoms with Crippen molar-refractivity contribution in [2.75, 3.05) is 11.4 Å². The van der Waals surface area contributed by atoms with Crippen LogP contribution in [-0.4, -0.2) is 28.5 Å². The van der Waals surface area contributed by atoms with E-state index < -0.39 is 5.82 Å². The number of thiocarbonyl (C=S) groups is 1. The molecule has 1 unspecified atom stereocenters. The molecule has 0 saturated carbocycles. The lowest BCUT2D eigenvalue weighted by Gasteiger charge is -2.27. The molecule has 1 atom stereocenters.